The van der Waals surface area contributed by atoms with Crippen molar-refractivity contribution in [2.24, 2.45) is 0 Å². The molecule has 0 fully saturated rings. The number of hydrogen-bond acceptors (Lipinski definition) is 4. The molecule has 3 aromatic heterocycles. The maximum absolute atomic E-state index is 9.81. The Morgan fingerprint density at radius 3 is 1.22 bits per heavy atom. The third kappa shape index (κ3) is 7.61. The van der Waals surface area contributed by atoms with Crippen LogP contribution in [0.2, 0.25) is 0 Å². The molecule has 0 N–H and O–H groups in total. The van der Waals surface area contributed by atoms with Crippen LogP contribution in [-0.2, 0) is 10.8 Å². The van der Waals surface area contributed by atoms with Gasteiger partial charge in [0.2, 0.25) is 0 Å². The van der Waals surface area contributed by atoms with Crippen molar-refractivity contribution in [1.29, 1.82) is 0 Å². The van der Waals surface area contributed by atoms with Gasteiger partial charge in [-0.3, -0.25) is 9.97 Å². The molecule has 0 unspecified atom stereocenters. The molecule has 374 valence electrons. The lowest BCUT2D eigenvalue weighted by molar-refractivity contribution is 0.590. The first-order valence-electron chi connectivity index (χ1n) is 28.9. The van der Waals surface area contributed by atoms with Crippen LogP contribution in [-0.4, -0.2) is 21.2 Å². The highest BCUT2D eigenvalue weighted by atomic mass is 15.2. The number of aromatic nitrogens is 3. The molecule has 5 heterocycles. The number of benzene rings is 9. The molecule has 9 aromatic carbocycles. The van der Waals surface area contributed by atoms with Crippen LogP contribution in [0, 0.1) is 0 Å². The molecular formula is C72H58BN5. The van der Waals surface area contributed by atoms with Crippen molar-refractivity contribution < 1.29 is 5.48 Å². The lowest BCUT2D eigenvalue weighted by Gasteiger charge is -2.46. The largest absolute Gasteiger partial charge is 0.310 e. The van der Waals surface area contributed by atoms with E-state index in [1.807, 2.05) is 49.1 Å². The molecule has 0 radical (unpaired) electrons. The molecule has 0 saturated heterocycles. The van der Waals surface area contributed by atoms with Crippen molar-refractivity contribution in [2.45, 2.75) is 52.4 Å². The Morgan fingerprint density at radius 2 is 0.795 bits per heavy atom. The van der Waals surface area contributed by atoms with Crippen molar-refractivity contribution in [3.63, 3.8) is 0 Å². The number of rotatable bonds is 7. The smallest absolute Gasteiger partial charge is 0.252 e. The van der Waals surface area contributed by atoms with Crippen molar-refractivity contribution in [3.05, 3.63) is 254 Å². The first-order chi connectivity index (χ1) is 39.7. The maximum atomic E-state index is 9.81. The molecule has 78 heavy (non-hydrogen) atoms. The molecule has 2 aliphatic rings. The predicted molar refractivity (Wildman–Crippen MR) is 330 cm³/mol. The first-order valence-corrected chi connectivity index (χ1v) is 26.9. The third-order valence-corrected chi connectivity index (χ3v) is 16.0. The summed E-state index contributed by atoms with van der Waals surface area (Å²) in [7, 11) is 0. The Labute approximate surface area is 463 Å². The van der Waals surface area contributed by atoms with Crippen LogP contribution in [0.5, 0.6) is 0 Å². The van der Waals surface area contributed by atoms with Gasteiger partial charge in [0.1, 0.15) is 0 Å². The molecule has 0 atom stereocenters. The van der Waals surface area contributed by atoms with E-state index in [0.717, 1.165) is 101 Å². The van der Waals surface area contributed by atoms with Crippen molar-refractivity contribution in [3.8, 4) is 50.2 Å². The van der Waals surface area contributed by atoms with E-state index in [-0.39, 0.29) is 41.7 Å². The van der Waals surface area contributed by atoms with Gasteiger partial charge in [0.15, 0.2) is 0 Å². The van der Waals surface area contributed by atoms with E-state index in [9.17, 15) is 4.11 Å². The Bertz CT molecular complexity index is 4200. The second-order valence-electron chi connectivity index (χ2n) is 22.8. The number of fused-ring (bicyclic) bond motifs is 7. The summed E-state index contributed by atoms with van der Waals surface area (Å²) in [6, 6.07) is 68.1. The van der Waals surface area contributed by atoms with Crippen LogP contribution in [0.15, 0.2) is 243 Å². The molecule has 0 saturated carbocycles. The third-order valence-electron chi connectivity index (χ3n) is 16.0. The molecular weight excluding hydrogens is 946 g/mol. The Hall–Kier alpha value is -9.26. The van der Waals surface area contributed by atoms with Gasteiger partial charge in [-0.15, -0.1) is 0 Å². The van der Waals surface area contributed by atoms with E-state index in [2.05, 4.69) is 226 Å². The molecule has 2 aliphatic heterocycles. The summed E-state index contributed by atoms with van der Waals surface area (Å²) >= 11 is 0. The number of pyridine rings is 2. The average molecular weight is 1010 g/mol. The summed E-state index contributed by atoms with van der Waals surface area (Å²) in [4.78, 5) is 15.1. The molecule has 0 amide bonds. The van der Waals surface area contributed by atoms with E-state index in [1.54, 1.807) is 0 Å². The minimum Gasteiger partial charge on any atom is -0.310 e. The molecule has 5 nitrogen and oxygen atoms in total. The van der Waals surface area contributed by atoms with Gasteiger partial charge in [-0.05, 0) is 97.0 Å². The van der Waals surface area contributed by atoms with Gasteiger partial charge in [-0.1, -0.05) is 223 Å². The number of hydrogen-bond donors (Lipinski definition) is 0. The van der Waals surface area contributed by atoms with Crippen LogP contribution in [0.25, 0.3) is 72.0 Å². The normalized spacial score (nSPS) is 13.6. The second kappa shape index (κ2) is 18.2. The van der Waals surface area contributed by atoms with Crippen LogP contribution >= 0.6 is 0 Å². The fourth-order valence-electron chi connectivity index (χ4n) is 12.2. The molecule has 14 rings (SSSR count). The fourth-order valence-corrected chi connectivity index (χ4v) is 12.2. The summed E-state index contributed by atoms with van der Waals surface area (Å²) in [6.07, 6.45) is 7.99. The summed E-state index contributed by atoms with van der Waals surface area (Å²) in [5, 5.41) is 1.21. The molecule has 6 heteroatoms. The van der Waals surface area contributed by atoms with Crippen LogP contribution in [0.4, 0.5) is 34.1 Å². The Morgan fingerprint density at radius 1 is 0.397 bits per heavy atom. The van der Waals surface area contributed by atoms with Crippen molar-refractivity contribution >= 4 is 79.0 Å². The monoisotopic (exact) mass is 1010 g/mol. The van der Waals surface area contributed by atoms with Gasteiger partial charge < -0.3 is 14.4 Å². The van der Waals surface area contributed by atoms with Crippen molar-refractivity contribution in [1.82, 2.24) is 14.5 Å². The van der Waals surface area contributed by atoms with Crippen LogP contribution in [0.3, 0.4) is 0 Å². The quantitative estimate of drug-likeness (QED) is 0.149. The van der Waals surface area contributed by atoms with Gasteiger partial charge in [0.05, 0.1) is 33.6 Å². The summed E-state index contributed by atoms with van der Waals surface area (Å²) in [5.41, 5.74) is 21.0. The zero-order valence-corrected chi connectivity index (χ0v) is 44.6. The Kier molecular flexibility index (Phi) is 10.0. The maximum Gasteiger partial charge on any atom is 0.252 e. The summed E-state index contributed by atoms with van der Waals surface area (Å²) < 4.78 is 39.6. The van der Waals surface area contributed by atoms with Gasteiger partial charge in [0.25, 0.3) is 6.71 Å². The summed E-state index contributed by atoms with van der Waals surface area (Å²) in [5.74, 6) is 0. The summed E-state index contributed by atoms with van der Waals surface area (Å²) in [6.45, 7) is 13.5. The minimum atomic E-state index is -0.291. The highest BCUT2D eigenvalue weighted by Gasteiger charge is 2.46. The number of anilines is 6. The zero-order valence-electron chi connectivity index (χ0n) is 48.6. The molecule has 0 spiro atoms. The van der Waals surface area contributed by atoms with Gasteiger partial charge >= 0.3 is 0 Å². The minimum absolute atomic E-state index is 0.0747. The van der Waals surface area contributed by atoms with Gasteiger partial charge in [-0.2, -0.15) is 0 Å². The van der Waals surface area contributed by atoms with E-state index in [0.29, 0.717) is 10.9 Å². The van der Waals surface area contributed by atoms with Crippen molar-refractivity contribution in [2.75, 3.05) is 9.80 Å². The standard InChI is InChI=1S/C72H58BN5/c1-71(2,3)51-35-37-64-60(39-51)73-61-40-52(72(4,5)6)36-38-65(61)78(70-58(49-27-15-9-16-28-49)45-75-46-59(70)50-29-17-10-18-30-50)67-42-53(76-62-33-21-19-31-54(62)55-32-20-22-34-63(55)76)41-66(68(67)73)77(64)69-56(47-23-11-7-12-24-47)43-74-44-57(69)48-25-13-8-14-26-48/h7-46H,1-6H3/i19D,21D,31D,33D. The first kappa shape index (κ1) is 42.9. The highest BCUT2D eigenvalue weighted by molar-refractivity contribution is 7.00. The highest BCUT2D eigenvalue weighted by Crippen LogP contribution is 2.53. The average Bonchev–Trinajstić information content (AvgIpc) is 1.91. The van der Waals surface area contributed by atoms with E-state index >= 15 is 0 Å². The van der Waals surface area contributed by atoms with Gasteiger partial charge in [0, 0.05) is 80.6 Å². The lowest BCUT2D eigenvalue weighted by Crippen LogP contribution is -2.62. The second-order valence-corrected chi connectivity index (χ2v) is 22.8. The lowest BCUT2D eigenvalue weighted by atomic mass is 9.33. The van der Waals surface area contributed by atoms with Crippen LogP contribution < -0.4 is 26.2 Å². The number of para-hydroxylation sites is 2. The molecule has 12 aromatic rings. The molecule has 0 aliphatic carbocycles. The predicted octanol–water partition coefficient (Wildman–Crippen LogP) is 16.9. The van der Waals surface area contributed by atoms with Crippen LogP contribution in [0.1, 0.15) is 58.2 Å². The van der Waals surface area contributed by atoms with E-state index in [1.165, 1.54) is 22.1 Å². The zero-order chi connectivity index (χ0) is 56.3. The number of nitrogens with zero attached hydrogens (tertiary/aromatic N) is 5. The van der Waals surface area contributed by atoms with Gasteiger partial charge in [-0.25, -0.2) is 0 Å². The van der Waals surface area contributed by atoms with E-state index < -0.39 is 0 Å². The fraction of sp³-hybridized carbons (Fsp3) is 0.111. The van der Waals surface area contributed by atoms with E-state index in [4.69, 9.17) is 11.3 Å². The topological polar surface area (TPSA) is 37.2 Å². The molecule has 0 bridgehead atoms. The SMILES string of the molecule is [2H]c1c([2H])c([2H])c2c(c1[2H])c1ccccc1n2-c1cc2c3c(c1)N(c1c(-c4ccccc4)cncc1-c1ccccc1)c1ccc(C(C)(C)C)cc1B3c1cc(C(C)(C)C)ccc1N2c1c(-c2ccccc2)cncc1-c1ccccc1. The Balaban J connectivity index is 1.23.